The van der Waals surface area contributed by atoms with Gasteiger partial charge >= 0.3 is 0 Å². The van der Waals surface area contributed by atoms with Crippen LogP contribution in [0.4, 0.5) is 10.3 Å². The number of piperidine rings is 1. The van der Waals surface area contributed by atoms with Crippen LogP contribution in [0.5, 0.6) is 0 Å². The van der Waals surface area contributed by atoms with Gasteiger partial charge in [-0.1, -0.05) is 46.4 Å². The number of fused-ring (bicyclic) bond motifs is 2. The molecule has 4 aromatic rings. The van der Waals surface area contributed by atoms with Gasteiger partial charge in [-0.05, 0) is 43.2 Å². The lowest BCUT2D eigenvalue weighted by atomic mass is 9.97. The second kappa shape index (κ2) is 7.31. The molecule has 0 bridgehead atoms. The molecule has 1 N–H and O–H groups in total. The lowest BCUT2D eigenvalue weighted by molar-refractivity contribution is -0.120. The number of hydrogen-bond acceptors (Lipinski definition) is 6. The number of halogens is 1. The van der Waals surface area contributed by atoms with Gasteiger partial charge in [0.1, 0.15) is 0 Å². The highest BCUT2D eigenvalue weighted by atomic mass is 35.5. The van der Waals surface area contributed by atoms with E-state index in [2.05, 4.69) is 21.3 Å². The number of anilines is 2. The highest BCUT2D eigenvalue weighted by Crippen LogP contribution is 2.32. The molecule has 142 valence electrons. The van der Waals surface area contributed by atoms with E-state index in [0.717, 1.165) is 40.3 Å². The molecular weight excluding hydrogens is 412 g/mol. The van der Waals surface area contributed by atoms with Crippen molar-refractivity contribution < 1.29 is 4.79 Å². The number of aromatic nitrogens is 2. The second-order valence-electron chi connectivity index (χ2n) is 6.87. The van der Waals surface area contributed by atoms with Gasteiger partial charge in [0, 0.05) is 18.1 Å². The lowest BCUT2D eigenvalue weighted by Crippen LogP contribution is -2.40. The molecule has 1 unspecified atom stereocenters. The minimum atomic E-state index is -0.0728. The van der Waals surface area contributed by atoms with Crippen LogP contribution in [0.2, 0.25) is 5.02 Å². The maximum atomic E-state index is 12.8. The Labute approximate surface area is 175 Å². The van der Waals surface area contributed by atoms with Crippen molar-refractivity contribution in [3.8, 4) is 0 Å². The summed E-state index contributed by atoms with van der Waals surface area (Å²) >= 11 is 9.18. The summed E-state index contributed by atoms with van der Waals surface area (Å²) in [7, 11) is 0. The lowest BCUT2D eigenvalue weighted by Gasteiger charge is -2.31. The van der Waals surface area contributed by atoms with Crippen molar-refractivity contribution in [2.75, 3.05) is 23.3 Å². The summed E-state index contributed by atoms with van der Waals surface area (Å²) in [4.78, 5) is 24.3. The van der Waals surface area contributed by atoms with Gasteiger partial charge in [-0.15, -0.1) is 0 Å². The van der Waals surface area contributed by atoms with Crippen LogP contribution in [0.3, 0.4) is 0 Å². The van der Waals surface area contributed by atoms with E-state index in [1.165, 1.54) is 16.0 Å². The molecular formula is C20H17ClN4OS2. The van der Waals surface area contributed by atoms with Gasteiger partial charge in [0.05, 0.1) is 26.4 Å². The molecule has 0 aliphatic carbocycles. The van der Waals surface area contributed by atoms with Crippen molar-refractivity contribution in [1.29, 1.82) is 0 Å². The summed E-state index contributed by atoms with van der Waals surface area (Å²) in [5.41, 5.74) is 1.87. The fourth-order valence-corrected chi connectivity index (χ4v) is 5.66. The van der Waals surface area contributed by atoms with E-state index in [1.54, 1.807) is 11.3 Å². The van der Waals surface area contributed by atoms with Gasteiger partial charge in [0.25, 0.3) is 0 Å². The largest absolute Gasteiger partial charge is 0.347 e. The first kappa shape index (κ1) is 17.8. The van der Waals surface area contributed by atoms with Crippen molar-refractivity contribution in [1.82, 2.24) is 9.97 Å². The summed E-state index contributed by atoms with van der Waals surface area (Å²) < 4.78 is 2.15. The Hall–Kier alpha value is -2.22. The first-order valence-electron chi connectivity index (χ1n) is 9.13. The van der Waals surface area contributed by atoms with E-state index >= 15 is 0 Å². The van der Waals surface area contributed by atoms with Crippen LogP contribution in [0, 0.1) is 5.92 Å². The van der Waals surface area contributed by atoms with Crippen LogP contribution < -0.4 is 10.2 Å². The SMILES string of the molecule is O=C(Nc1nc2ccc(Cl)cc2s1)C1CCCN(c2nc3ccccc3s2)C1. The third-order valence-corrected chi connectivity index (χ3v) is 7.19. The fourth-order valence-electron chi connectivity index (χ4n) is 3.52. The molecule has 1 fully saturated rings. The molecule has 1 aliphatic rings. The molecule has 5 rings (SSSR count). The Kier molecular flexibility index (Phi) is 4.66. The number of benzene rings is 2. The van der Waals surface area contributed by atoms with Gasteiger partial charge < -0.3 is 10.2 Å². The number of thiazole rings is 2. The number of rotatable bonds is 3. The molecule has 0 spiro atoms. The van der Waals surface area contributed by atoms with Crippen molar-refractivity contribution in [2.24, 2.45) is 5.92 Å². The van der Waals surface area contributed by atoms with Gasteiger partial charge in [0.2, 0.25) is 5.91 Å². The quantitative estimate of drug-likeness (QED) is 0.473. The number of carbonyl (C=O) groups excluding carboxylic acids is 1. The Morgan fingerprint density at radius 1 is 1.11 bits per heavy atom. The van der Waals surface area contributed by atoms with E-state index in [9.17, 15) is 4.79 Å². The number of nitrogens with one attached hydrogen (secondary N) is 1. The number of para-hydroxylation sites is 1. The predicted molar refractivity (Wildman–Crippen MR) is 118 cm³/mol. The van der Waals surface area contributed by atoms with Crippen LogP contribution >= 0.6 is 34.3 Å². The zero-order valence-electron chi connectivity index (χ0n) is 14.9. The molecule has 8 heteroatoms. The zero-order valence-corrected chi connectivity index (χ0v) is 17.3. The zero-order chi connectivity index (χ0) is 19.1. The molecule has 2 aromatic heterocycles. The summed E-state index contributed by atoms with van der Waals surface area (Å²) in [6.45, 7) is 1.62. The van der Waals surface area contributed by atoms with E-state index in [4.69, 9.17) is 16.6 Å². The smallest absolute Gasteiger partial charge is 0.231 e. The highest BCUT2D eigenvalue weighted by Gasteiger charge is 2.28. The average Bonchev–Trinajstić information content (AvgIpc) is 3.31. The van der Waals surface area contributed by atoms with Gasteiger partial charge in [-0.25, -0.2) is 9.97 Å². The molecule has 1 saturated heterocycles. The van der Waals surface area contributed by atoms with E-state index in [-0.39, 0.29) is 11.8 Å². The van der Waals surface area contributed by atoms with Crippen molar-refractivity contribution in [3.63, 3.8) is 0 Å². The molecule has 2 aromatic carbocycles. The number of carbonyl (C=O) groups is 1. The van der Waals surface area contributed by atoms with Crippen LogP contribution in [-0.4, -0.2) is 29.0 Å². The normalized spacial score (nSPS) is 17.3. The van der Waals surface area contributed by atoms with Crippen molar-refractivity contribution in [3.05, 3.63) is 47.5 Å². The fraction of sp³-hybridized carbons (Fsp3) is 0.250. The van der Waals surface area contributed by atoms with Crippen LogP contribution in [0.1, 0.15) is 12.8 Å². The maximum Gasteiger partial charge on any atom is 0.231 e. The third kappa shape index (κ3) is 3.45. The molecule has 3 heterocycles. The summed E-state index contributed by atoms with van der Waals surface area (Å²) in [5, 5.41) is 5.29. The second-order valence-corrected chi connectivity index (χ2v) is 9.35. The standard InChI is InChI=1S/C20H17ClN4OS2/c21-13-7-8-15-17(10-13)27-19(22-15)24-18(26)12-4-3-9-25(11-12)20-23-14-5-1-2-6-16(14)28-20/h1-2,5-8,10,12H,3-4,9,11H2,(H,22,24,26). The van der Waals surface area contributed by atoms with Gasteiger partial charge in [-0.2, -0.15) is 0 Å². The Bertz CT molecular complexity index is 1140. The number of hydrogen-bond donors (Lipinski definition) is 1. The number of nitrogens with zero attached hydrogens (tertiary/aromatic N) is 3. The highest BCUT2D eigenvalue weighted by molar-refractivity contribution is 7.22. The van der Waals surface area contributed by atoms with Crippen LogP contribution in [0.15, 0.2) is 42.5 Å². The monoisotopic (exact) mass is 428 g/mol. The van der Waals surface area contributed by atoms with Crippen LogP contribution in [0.25, 0.3) is 20.4 Å². The molecule has 1 aliphatic heterocycles. The first-order chi connectivity index (χ1) is 13.7. The molecule has 5 nitrogen and oxygen atoms in total. The summed E-state index contributed by atoms with van der Waals surface area (Å²) in [6, 6.07) is 13.7. The maximum absolute atomic E-state index is 12.8. The topological polar surface area (TPSA) is 58.1 Å². The van der Waals surface area contributed by atoms with Crippen LogP contribution in [-0.2, 0) is 4.79 Å². The van der Waals surface area contributed by atoms with Crippen molar-refractivity contribution >= 4 is 70.9 Å². The molecule has 1 amide bonds. The minimum absolute atomic E-state index is 0.0240. The third-order valence-electron chi connectivity index (χ3n) is 4.93. The molecule has 0 radical (unpaired) electrons. The van der Waals surface area contributed by atoms with E-state index in [1.807, 2.05) is 36.4 Å². The summed E-state index contributed by atoms with van der Waals surface area (Å²) in [5.74, 6) is -0.0488. The van der Waals surface area contributed by atoms with E-state index < -0.39 is 0 Å². The number of amides is 1. The van der Waals surface area contributed by atoms with Crippen molar-refractivity contribution in [2.45, 2.75) is 12.8 Å². The Morgan fingerprint density at radius 3 is 2.86 bits per heavy atom. The van der Waals surface area contributed by atoms with E-state index in [0.29, 0.717) is 16.7 Å². The predicted octanol–water partition coefficient (Wildman–Crippen LogP) is 5.41. The average molecular weight is 429 g/mol. The molecule has 0 saturated carbocycles. The molecule has 28 heavy (non-hydrogen) atoms. The molecule has 1 atom stereocenters. The Balaban J connectivity index is 1.31. The first-order valence-corrected chi connectivity index (χ1v) is 11.1. The Morgan fingerprint density at radius 2 is 1.96 bits per heavy atom. The summed E-state index contributed by atoms with van der Waals surface area (Å²) in [6.07, 6.45) is 1.85. The minimum Gasteiger partial charge on any atom is -0.347 e. The van der Waals surface area contributed by atoms with Gasteiger partial charge in [-0.3, -0.25) is 4.79 Å². The van der Waals surface area contributed by atoms with Gasteiger partial charge in [0.15, 0.2) is 10.3 Å².